The molecule has 0 aliphatic heterocycles. The standard InChI is InChI=1S/C17H14BrN/c18-16-9-8-13-10-15(7-6-14(13)11-16)17(19)12-4-2-1-3-5-12/h1-11,17H,19H2. The van der Waals surface area contributed by atoms with Crippen molar-refractivity contribution in [2.24, 2.45) is 5.73 Å². The number of halogens is 1. The largest absolute Gasteiger partial charge is 0.320 e. The first-order chi connectivity index (χ1) is 9.24. The first-order valence-corrected chi connectivity index (χ1v) is 7.03. The van der Waals surface area contributed by atoms with E-state index in [9.17, 15) is 0 Å². The molecule has 0 aliphatic carbocycles. The van der Waals surface area contributed by atoms with Gasteiger partial charge in [-0.3, -0.25) is 0 Å². The maximum atomic E-state index is 6.33. The maximum Gasteiger partial charge on any atom is 0.0551 e. The zero-order valence-corrected chi connectivity index (χ0v) is 12.0. The van der Waals surface area contributed by atoms with Gasteiger partial charge in [0.2, 0.25) is 0 Å². The third-order valence-corrected chi connectivity index (χ3v) is 3.84. The van der Waals surface area contributed by atoms with Crippen LogP contribution in [0.2, 0.25) is 0 Å². The van der Waals surface area contributed by atoms with Crippen LogP contribution in [-0.4, -0.2) is 0 Å². The number of nitrogens with two attached hydrogens (primary N) is 1. The molecule has 3 rings (SSSR count). The monoisotopic (exact) mass is 311 g/mol. The molecule has 2 N–H and O–H groups in total. The highest BCUT2D eigenvalue weighted by Crippen LogP contribution is 2.25. The predicted molar refractivity (Wildman–Crippen MR) is 84.1 cm³/mol. The van der Waals surface area contributed by atoms with Crippen LogP contribution in [0.4, 0.5) is 0 Å². The van der Waals surface area contributed by atoms with E-state index in [1.807, 2.05) is 18.2 Å². The second kappa shape index (κ2) is 5.16. The summed E-state index contributed by atoms with van der Waals surface area (Å²) < 4.78 is 1.10. The molecular weight excluding hydrogens is 298 g/mol. The normalized spacial score (nSPS) is 12.5. The Bertz CT molecular complexity index is 707. The Morgan fingerprint density at radius 3 is 2.21 bits per heavy atom. The number of rotatable bonds is 2. The summed E-state index contributed by atoms with van der Waals surface area (Å²) in [7, 11) is 0. The van der Waals surface area contributed by atoms with Crippen molar-refractivity contribution < 1.29 is 0 Å². The van der Waals surface area contributed by atoms with Crippen LogP contribution < -0.4 is 5.73 Å². The van der Waals surface area contributed by atoms with Gasteiger partial charge < -0.3 is 5.73 Å². The summed E-state index contributed by atoms with van der Waals surface area (Å²) in [6.07, 6.45) is 0. The molecule has 0 spiro atoms. The zero-order chi connectivity index (χ0) is 13.2. The molecule has 1 unspecified atom stereocenters. The van der Waals surface area contributed by atoms with Crippen molar-refractivity contribution in [1.82, 2.24) is 0 Å². The molecule has 0 saturated heterocycles. The van der Waals surface area contributed by atoms with Gasteiger partial charge in [-0.05, 0) is 40.1 Å². The van der Waals surface area contributed by atoms with E-state index >= 15 is 0 Å². The van der Waals surface area contributed by atoms with Crippen LogP contribution >= 0.6 is 15.9 Å². The van der Waals surface area contributed by atoms with Crippen molar-refractivity contribution in [2.75, 3.05) is 0 Å². The van der Waals surface area contributed by atoms with E-state index in [1.54, 1.807) is 0 Å². The van der Waals surface area contributed by atoms with Crippen LogP contribution in [0.1, 0.15) is 17.2 Å². The molecule has 1 atom stereocenters. The van der Waals surface area contributed by atoms with E-state index in [-0.39, 0.29) is 6.04 Å². The first-order valence-electron chi connectivity index (χ1n) is 6.24. The highest BCUT2D eigenvalue weighted by molar-refractivity contribution is 9.10. The third-order valence-electron chi connectivity index (χ3n) is 3.34. The fourth-order valence-corrected chi connectivity index (χ4v) is 2.66. The van der Waals surface area contributed by atoms with Gasteiger partial charge in [-0.1, -0.05) is 64.5 Å². The van der Waals surface area contributed by atoms with Gasteiger partial charge in [0.25, 0.3) is 0 Å². The molecule has 3 aromatic rings. The molecule has 2 heteroatoms. The lowest BCUT2D eigenvalue weighted by Crippen LogP contribution is -2.11. The second-order valence-electron chi connectivity index (χ2n) is 4.64. The average Bonchev–Trinajstić information content (AvgIpc) is 2.47. The quantitative estimate of drug-likeness (QED) is 0.732. The van der Waals surface area contributed by atoms with E-state index in [4.69, 9.17) is 5.73 Å². The SMILES string of the molecule is NC(c1ccccc1)c1ccc2cc(Br)ccc2c1. The minimum absolute atomic E-state index is 0.0748. The van der Waals surface area contributed by atoms with E-state index in [0.29, 0.717) is 0 Å². The summed E-state index contributed by atoms with van der Waals surface area (Å²) in [5, 5.41) is 2.44. The Balaban J connectivity index is 2.04. The van der Waals surface area contributed by atoms with Gasteiger partial charge in [-0.15, -0.1) is 0 Å². The van der Waals surface area contributed by atoms with Gasteiger partial charge in [-0.25, -0.2) is 0 Å². The van der Waals surface area contributed by atoms with E-state index in [1.165, 1.54) is 10.8 Å². The smallest absolute Gasteiger partial charge is 0.0551 e. The van der Waals surface area contributed by atoms with E-state index in [2.05, 4.69) is 64.5 Å². The van der Waals surface area contributed by atoms with Crippen LogP contribution in [0.15, 0.2) is 71.2 Å². The average molecular weight is 312 g/mol. The summed E-state index contributed by atoms with van der Waals surface area (Å²) >= 11 is 3.49. The second-order valence-corrected chi connectivity index (χ2v) is 5.55. The third kappa shape index (κ3) is 2.55. The summed E-state index contributed by atoms with van der Waals surface area (Å²) in [6.45, 7) is 0. The predicted octanol–water partition coefficient (Wildman–Crippen LogP) is 4.65. The van der Waals surface area contributed by atoms with Crippen LogP contribution in [0.25, 0.3) is 10.8 Å². The fourth-order valence-electron chi connectivity index (χ4n) is 2.28. The van der Waals surface area contributed by atoms with Crippen LogP contribution in [0.5, 0.6) is 0 Å². The topological polar surface area (TPSA) is 26.0 Å². The highest BCUT2D eigenvalue weighted by atomic mass is 79.9. The van der Waals surface area contributed by atoms with Crippen molar-refractivity contribution >= 4 is 26.7 Å². The number of benzene rings is 3. The van der Waals surface area contributed by atoms with Gasteiger partial charge in [0, 0.05) is 4.47 Å². The molecule has 19 heavy (non-hydrogen) atoms. The minimum Gasteiger partial charge on any atom is -0.320 e. The summed E-state index contributed by atoms with van der Waals surface area (Å²) in [4.78, 5) is 0. The Morgan fingerprint density at radius 2 is 1.42 bits per heavy atom. The lowest BCUT2D eigenvalue weighted by atomic mass is 9.97. The molecule has 0 saturated carbocycles. The highest BCUT2D eigenvalue weighted by Gasteiger charge is 2.08. The van der Waals surface area contributed by atoms with Crippen LogP contribution in [-0.2, 0) is 0 Å². The lowest BCUT2D eigenvalue weighted by Gasteiger charge is -2.13. The lowest BCUT2D eigenvalue weighted by molar-refractivity contribution is 0.873. The molecule has 0 bridgehead atoms. The van der Waals surface area contributed by atoms with E-state index < -0.39 is 0 Å². The van der Waals surface area contributed by atoms with Gasteiger partial charge in [-0.2, -0.15) is 0 Å². The summed E-state index contributed by atoms with van der Waals surface area (Å²) in [5.74, 6) is 0. The summed E-state index contributed by atoms with van der Waals surface area (Å²) in [6, 6.07) is 22.8. The Morgan fingerprint density at radius 1 is 0.737 bits per heavy atom. The fraction of sp³-hybridized carbons (Fsp3) is 0.0588. The molecule has 0 aromatic heterocycles. The number of fused-ring (bicyclic) bond motifs is 1. The maximum absolute atomic E-state index is 6.33. The number of hydrogen-bond donors (Lipinski definition) is 1. The molecule has 0 aliphatic rings. The van der Waals surface area contributed by atoms with Gasteiger partial charge in [0.15, 0.2) is 0 Å². The first kappa shape index (κ1) is 12.4. The van der Waals surface area contributed by atoms with Crippen molar-refractivity contribution in [3.63, 3.8) is 0 Å². The number of hydrogen-bond acceptors (Lipinski definition) is 1. The van der Waals surface area contributed by atoms with Crippen LogP contribution in [0, 0.1) is 0 Å². The molecule has 0 amide bonds. The minimum atomic E-state index is -0.0748. The van der Waals surface area contributed by atoms with Gasteiger partial charge in [0.1, 0.15) is 0 Å². The van der Waals surface area contributed by atoms with Crippen molar-refractivity contribution in [1.29, 1.82) is 0 Å². The van der Waals surface area contributed by atoms with Gasteiger partial charge >= 0.3 is 0 Å². The van der Waals surface area contributed by atoms with Crippen molar-refractivity contribution in [3.8, 4) is 0 Å². The molecule has 1 nitrogen and oxygen atoms in total. The molecule has 0 heterocycles. The Hall–Kier alpha value is -1.64. The van der Waals surface area contributed by atoms with Gasteiger partial charge in [0.05, 0.1) is 6.04 Å². The van der Waals surface area contributed by atoms with Crippen LogP contribution in [0.3, 0.4) is 0 Å². The Kier molecular flexibility index (Phi) is 3.36. The van der Waals surface area contributed by atoms with Crippen molar-refractivity contribution in [2.45, 2.75) is 6.04 Å². The summed E-state index contributed by atoms with van der Waals surface area (Å²) in [5.41, 5.74) is 8.61. The van der Waals surface area contributed by atoms with E-state index in [0.717, 1.165) is 15.6 Å². The zero-order valence-electron chi connectivity index (χ0n) is 10.4. The molecule has 3 aromatic carbocycles. The molecule has 94 valence electrons. The Labute approximate surface area is 121 Å². The molecule has 0 fully saturated rings. The molecular formula is C17H14BrN. The molecule has 0 radical (unpaired) electrons. The van der Waals surface area contributed by atoms with Crippen molar-refractivity contribution in [3.05, 3.63) is 82.3 Å².